The van der Waals surface area contributed by atoms with Gasteiger partial charge in [-0.2, -0.15) is 0 Å². The minimum atomic E-state index is -0.761. The van der Waals surface area contributed by atoms with Gasteiger partial charge in [0.2, 0.25) is 0 Å². The van der Waals surface area contributed by atoms with Crippen molar-refractivity contribution in [2.75, 3.05) is 11.5 Å². The quantitative estimate of drug-likeness (QED) is 0.350. The van der Waals surface area contributed by atoms with Crippen LogP contribution in [0.4, 0.5) is 20.2 Å². The van der Waals surface area contributed by atoms with E-state index >= 15 is 0 Å². The number of rotatable bonds is 4. The van der Waals surface area contributed by atoms with E-state index in [1.54, 1.807) is 12.1 Å². The van der Waals surface area contributed by atoms with Crippen LogP contribution in [0.3, 0.4) is 0 Å². The van der Waals surface area contributed by atoms with Crippen molar-refractivity contribution in [3.05, 3.63) is 82.4 Å². The van der Waals surface area contributed by atoms with E-state index in [1.165, 1.54) is 12.1 Å². The van der Waals surface area contributed by atoms with Gasteiger partial charge in [-0.1, -0.05) is 52.0 Å². The molecule has 3 aromatic rings. The molecular formula is C24H26F2N2O2. The third kappa shape index (κ3) is 3.54. The first-order valence-electron chi connectivity index (χ1n) is 9.53. The summed E-state index contributed by atoms with van der Waals surface area (Å²) in [5.41, 5.74) is 13.4. The zero-order valence-electron chi connectivity index (χ0n) is 17.4. The Morgan fingerprint density at radius 2 is 0.900 bits per heavy atom. The molecule has 0 spiro atoms. The van der Waals surface area contributed by atoms with Gasteiger partial charge in [-0.3, -0.25) is 0 Å². The summed E-state index contributed by atoms with van der Waals surface area (Å²) in [7, 11) is 0. The Hall–Kier alpha value is -3.28. The van der Waals surface area contributed by atoms with Gasteiger partial charge in [0.15, 0.2) is 23.1 Å². The predicted molar refractivity (Wildman–Crippen MR) is 116 cm³/mol. The van der Waals surface area contributed by atoms with Gasteiger partial charge < -0.3 is 21.7 Å². The van der Waals surface area contributed by atoms with Crippen LogP contribution in [0.1, 0.15) is 49.9 Å². The van der Waals surface area contributed by atoms with E-state index in [9.17, 15) is 19.0 Å². The minimum Gasteiger partial charge on any atom is -0.503 e. The van der Waals surface area contributed by atoms with Crippen LogP contribution in [0.15, 0.2) is 48.5 Å². The van der Waals surface area contributed by atoms with Crippen molar-refractivity contribution in [2.45, 2.75) is 38.5 Å². The number of phenolic OH excluding ortho intramolecular Hbond substituents is 2. The van der Waals surface area contributed by atoms with Crippen LogP contribution in [0.5, 0.6) is 11.5 Å². The lowest BCUT2D eigenvalue weighted by molar-refractivity contribution is 0.433. The summed E-state index contributed by atoms with van der Waals surface area (Å²) in [4.78, 5) is 0. The fraction of sp³-hybridized carbons (Fsp3) is 0.250. The highest BCUT2D eigenvalue weighted by molar-refractivity contribution is 5.58. The number of halogens is 2. The highest BCUT2D eigenvalue weighted by Gasteiger charge is 2.28. The Morgan fingerprint density at radius 1 is 0.600 bits per heavy atom. The van der Waals surface area contributed by atoms with Crippen LogP contribution in [0.2, 0.25) is 0 Å². The Bertz CT molecular complexity index is 972. The lowest BCUT2D eigenvalue weighted by atomic mass is 9.74. The Morgan fingerprint density at radius 3 is 1.17 bits per heavy atom. The number of nitrogens with two attached hydrogens (primary N) is 2. The van der Waals surface area contributed by atoms with Gasteiger partial charge in [-0.15, -0.1) is 0 Å². The van der Waals surface area contributed by atoms with Gasteiger partial charge in [0, 0.05) is 10.8 Å². The molecule has 158 valence electrons. The van der Waals surface area contributed by atoms with Crippen molar-refractivity contribution in [2.24, 2.45) is 0 Å². The molecular weight excluding hydrogens is 386 g/mol. The van der Waals surface area contributed by atoms with E-state index < -0.39 is 34.0 Å². The average molecular weight is 412 g/mol. The lowest BCUT2D eigenvalue weighted by Gasteiger charge is -2.30. The lowest BCUT2D eigenvalue weighted by Crippen LogP contribution is -2.22. The molecule has 0 bridgehead atoms. The normalized spacial score (nSPS) is 12.2. The smallest absolute Gasteiger partial charge is 0.174 e. The summed E-state index contributed by atoms with van der Waals surface area (Å²) in [6.45, 7) is 7.76. The second-order valence-electron chi connectivity index (χ2n) is 8.62. The first-order chi connectivity index (χ1) is 13.9. The highest BCUT2D eigenvalue weighted by atomic mass is 19.1. The first-order valence-corrected chi connectivity index (χ1v) is 9.53. The number of hydrogen-bond acceptors (Lipinski definition) is 4. The Balaban J connectivity index is 1.99. The SMILES string of the molecule is CC(C)(c1ccc(C(C)(C)c2cc(N)c(O)c(F)c2)cc1)c1cc(N)c(O)c(F)c1. The Kier molecular flexibility index (Phi) is 5.14. The van der Waals surface area contributed by atoms with Crippen LogP contribution in [-0.4, -0.2) is 10.2 Å². The van der Waals surface area contributed by atoms with E-state index in [0.717, 1.165) is 11.1 Å². The van der Waals surface area contributed by atoms with Gasteiger partial charge in [0.05, 0.1) is 11.4 Å². The number of phenols is 2. The zero-order chi connectivity index (χ0) is 22.4. The molecule has 0 heterocycles. The third-order valence-electron chi connectivity index (χ3n) is 5.96. The summed E-state index contributed by atoms with van der Waals surface area (Å²) < 4.78 is 28.0. The van der Waals surface area contributed by atoms with Crippen molar-refractivity contribution in [3.8, 4) is 11.5 Å². The van der Waals surface area contributed by atoms with Crippen molar-refractivity contribution in [1.82, 2.24) is 0 Å². The average Bonchev–Trinajstić information content (AvgIpc) is 2.69. The molecule has 0 aromatic heterocycles. The molecule has 0 radical (unpaired) electrons. The molecule has 3 aromatic carbocycles. The van der Waals surface area contributed by atoms with Gasteiger partial charge in [0.25, 0.3) is 0 Å². The molecule has 6 heteroatoms. The second kappa shape index (κ2) is 7.20. The molecule has 0 atom stereocenters. The number of nitrogen functional groups attached to an aromatic ring is 2. The highest BCUT2D eigenvalue weighted by Crippen LogP contribution is 2.39. The minimum absolute atomic E-state index is 0.0113. The predicted octanol–water partition coefficient (Wildman–Crippen LogP) is 5.19. The topological polar surface area (TPSA) is 92.5 Å². The molecule has 0 unspecified atom stereocenters. The third-order valence-corrected chi connectivity index (χ3v) is 5.96. The van der Waals surface area contributed by atoms with Crippen LogP contribution in [0, 0.1) is 11.6 Å². The molecule has 0 aliphatic rings. The first kappa shape index (κ1) is 21.4. The number of anilines is 2. The molecule has 3 rings (SSSR count). The van der Waals surface area contributed by atoms with Crippen LogP contribution < -0.4 is 11.5 Å². The largest absolute Gasteiger partial charge is 0.503 e. The molecule has 0 fully saturated rings. The molecule has 0 aliphatic heterocycles. The monoisotopic (exact) mass is 412 g/mol. The summed E-state index contributed by atoms with van der Waals surface area (Å²) in [5, 5.41) is 19.2. The molecule has 6 N–H and O–H groups in total. The van der Waals surface area contributed by atoms with Gasteiger partial charge >= 0.3 is 0 Å². The Labute approximate surface area is 174 Å². The summed E-state index contributed by atoms with van der Waals surface area (Å²) in [6.07, 6.45) is 0. The van der Waals surface area contributed by atoms with Crippen molar-refractivity contribution < 1.29 is 19.0 Å². The maximum atomic E-state index is 14.0. The van der Waals surface area contributed by atoms with Crippen LogP contribution in [-0.2, 0) is 10.8 Å². The van der Waals surface area contributed by atoms with Gasteiger partial charge in [-0.05, 0) is 46.5 Å². The standard InChI is InChI=1S/C24H26F2N2O2/c1-23(2,15-9-17(25)21(29)19(27)11-15)13-5-7-14(8-6-13)24(3,4)16-10-18(26)22(30)20(28)12-16/h5-12,29-30H,27-28H2,1-4H3. The van der Waals surface area contributed by atoms with Crippen LogP contribution in [0.25, 0.3) is 0 Å². The number of hydrogen-bond donors (Lipinski definition) is 4. The fourth-order valence-corrected chi connectivity index (χ4v) is 3.60. The number of aromatic hydroxyl groups is 2. The zero-order valence-corrected chi connectivity index (χ0v) is 17.4. The summed E-state index contributed by atoms with van der Waals surface area (Å²) >= 11 is 0. The maximum absolute atomic E-state index is 14.0. The number of benzene rings is 3. The van der Waals surface area contributed by atoms with Gasteiger partial charge in [0.1, 0.15) is 0 Å². The maximum Gasteiger partial charge on any atom is 0.174 e. The van der Waals surface area contributed by atoms with Crippen molar-refractivity contribution >= 4 is 11.4 Å². The summed E-state index contributed by atoms with van der Waals surface area (Å²) in [5.74, 6) is -2.62. The van der Waals surface area contributed by atoms with Crippen molar-refractivity contribution in [3.63, 3.8) is 0 Å². The molecule has 0 aliphatic carbocycles. The van der Waals surface area contributed by atoms with Crippen molar-refractivity contribution in [1.29, 1.82) is 0 Å². The molecule has 0 amide bonds. The van der Waals surface area contributed by atoms with E-state index in [-0.39, 0.29) is 11.4 Å². The molecule has 0 saturated heterocycles. The van der Waals surface area contributed by atoms with E-state index in [4.69, 9.17) is 11.5 Å². The van der Waals surface area contributed by atoms with Crippen LogP contribution >= 0.6 is 0 Å². The fourth-order valence-electron chi connectivity index (χ4n) is 3.60. The second-order valence-corrected chi connectivity index (χ2v) is 8.62. The molecule has 0 saturated carbocycles. The molecule has 30 heavy (non-hydrogen) atoms. The van der Waals surface area contributed by atoms with E-state index in [1.807, 2.05) is 52.0 Å². The summed E-state index contributed by atoms with van der Waals surface area (Å²) in [6, 6.07) is 13.4. The molecule has 4 nitrogen and oxygen atoms in total. The van der Waals surface area contributed by atoms with E-state index in [0.29, 0.717) is 11.1 Å². The van der Waals surface area contributed by atoms with E-state index in [2.05, 4.69) is 0 Å². The van der Waals surface area contributed by atoms with Gasteiger partial charge in [-0.25, -0.2) is 8.78 Å².